The van der Waals surface area contributed by atoms with Crippen LogP contribution in [0.15, 0.2) is 91.0 Å². The third-order valence-corrected chi connectivity index (χ3v) is 5.53. The molecule has 0 spiro atoms. The fourth-order valence-corrected chi connectivity index (χ4v) is 3.91. The second kappa shape index (κ2) is 10.9. The quantitative estimate of drug-likeness (QED) is 0.510. The van der Waals surface area contributed by atoms with E-state index in [1.54, 1.807) is 6.92 Å². The molecule has 0 aromatic heterocycles. The van der Waals surface area contributed by atoms with E-state index in [0.29, 0.717) is 19.8 Å². The van der Waals surface area contributed by atoms with E-state index >= 15 is 0 Å². The highest BCUT2D eigenvalue weighted by Crippen LogP contribution is 2.34. The van der Waals surface area contributed by atoms with Crippen molar-refractivity contribution in [1.82, 2.24) is 0 Å². The predicted molar refractivity (Wildman–Crippen MR) is 122 cm³/mol. The number of hydrogen-bond acceptors (Lipinski definition) is 5. The van der Waals surface area contributed by atoms with Crippen LogP contribution < -0.4 is 0 Å². The van der Waals surface area contributed by atoms with E-state index in [4.69, 9.17) is 18.9 Å². The van der Waals surface area contributed by atoms with Crippen LogP contribution in [-0.4, -0.2) is 35.8 Å². The Hall–Kier alpha value is -2.54. The first-order valence-corrected chi connectivity index (χ1v) is 10.9. The summed E-state index contributed by atoms with van der Waals surface area (Å²) < 4.78 is 24.3. The van der Waals surface area contributed by atoms with Gasteiger partial charge in [0, 0.05) is 0 Å². The monoisotopic (exact) mass is 434 g/mol. The van der Waals surface area contributed by atoms with Gasteiger partial charge in [0.1, 0.15) is 18.3 Å². The molecule has 5 heteroatoms. The van der Waals surface area contributed by atoms with Crippen LogP contribution in [0.25, 0.3) is 0 Å². The number of benzene rings is 3. The van der Waals surface area contributed by atoms with Crippen LogP contribution in [-0.2, 0) is 38.8 Å². The summed E-state index contributed by atoms with van der Waals surface area (Å²) in [5.41, 5.74) is 3.15. The van der Waals surface area contributed by atoms with Crippen molar-refractivity contribution in [3.63, 3.8) is 0 Å². The fourth-order valence-electron chi connectivity index (χ4n) is 3.91. The highest BCUT2D eigenvalue weighted by Gasteiger charge is 2.53. The Morgan fingerprint density at radius 1 is 0.719 bits per heavy atom. The molecule has 1 aliphatic rings. The molecule has 3 aromatic rings. The Kier molecular flexibility index (Phi) is 7.68. The highest BCUT2D eigenvalue weighted by molar-refractivity contribution is 5.15. The summed E-state index contributed by atoms with van der Waals surface area (Å²) in [7, 11) is 0. The van der Waals surface area contributed by atoms with Gasteiger partial charge in [0.2, 0.25) is 0 Å². The van der Waals surface area contributed by atoms with E-state index in [-0.39, 0.29) is 6.61 Å². The van der Waals surface area contributed by atoms with Crippen molar-refractivity contribution in [2.75, 3.05) is 6.61 Å². The van der Waals surface area contributed by atoms with Gasteiger partial charge in [-0.15, -0.1) is 0 Å². The van der Waals surface area contributed by atoms with Gasteiger partial charge in [0.15, 0.2) is 5.79 Å². The molecule has 0 saturated carbocycles. The maximum absolute atomic E-state index is 11.0. The van der Waals surface area contributed by atoms with Gasteiger partial charge >= 0.3 is 0 Å². The molecule has 32 heavy (non-hydrogen) atoms. The first-order chi connectivity index (χ1) is 15.6. The minimum Gasteiger partial charge on any atom is -0.374 e. The van der Waals surface area contributed by atoms with Gasteiger partial charge in [-0.1, -0.05) is 91.0 Å². The Labute approximate surface area is 189 Å². The van der Waals surface area contributed by atoms with Crippen molar-refractivity contribution in [3.05, 3.63) is 108 Å². The zero-order chi connectivity index (χ0) is 22.2. The first kappa shape index (κ1) is 22.6. The lowest BCUT2D eigenvalue weighted by Crippen LogP contribution is -2.44. The van der Waals surface area contributed by atoms with Crippen LogP contribution in [0.2, 0.25) is 0 Å². The summed E-state index contributed by atoms with van der Waals surface area (Å²) in [6, 6.07) is 29.8. The molecule has 3 aromatic carbocycles. The molecule has 5 nitrogen and oxygen atoms in total. The lowest BCUT2D eigenvalue weighted by atomic mass is 10.1. The average Bonchev–Trinajstić information content (AvgIpc) is 3.07. The minimum absolute atomic E-state index is 0.287. The first-order valence-electron chi connectivity index (χ1n) is 10.9. The molecule has 1 saturated heterocycles. The molecule has 1 fully saturated rings. The molecule has 0 amide bonds. The summed E-state index contributed by atoms with van der Waals surface area (Å²) in [5.74, 6) is -1.49. The van der Waals surface area contributed by atoms with Crippen LogP contribution in [0, 0.1) is 0 Å². The van der Waals surface area contributed by atoms with Crippen molar-refractivity contribution in [2.45, 2.75) is 50.8 Å². The molecule has 1 aliphatic heterocycles. The Morgan fingerprint density at radius 3 is 1.72 bits per heavy atom. The maximum Gasteiger partial charge on any atom is 0.192 e. The molecule has 0 bridgehead atoms. The topological polar surface area (TPSA) is 57.2 Å². The van der Waals surface area contributed by atoms with Gasteiger partial charge in [-0.2, -0.15) is 0 Å². The van der Waals surface area contributed by atoms with Gasteiger partial charge in [-0.3, -0.25) is 0 Å². The molecular weight excluding hydrogens is 404 g/mol. The summed E-state index contributed by atoms with van der Waals surface area (Å²) >= 11 is 0. The van der Waals surface area contributed by atoms with E-state index in [0.717, 1.165) is 16.7 Å². The van der Waals surface area contributed by atoms with Gasteiger partial charge in [-0.25, -0.2) is 0 Å². The number of aliphatic hydroxyl groups is 1. The van der Waals surface area contributed by atoms with Crippen molar-refractivity contribution < 1.29 is 24.1 Å². The zero-order valence-electron chi connectivity index (χ0n) is 18.3. The normalized spacial score (nSPS) is 25.1. The third kappa shape index (κ3) is 6.03. The Balaban J connectivity index is 1.44. The lowest BCUT2D eigenvalue weighted by molar-refractivity contribution is -0.231. The Bertz CT molecular complexity index is 930. The Morgan fingerprint density at radius 2 is 1.19 bits per heavy atom. The maximum atomic E-state index is 11.0. The molecule has 1 N–H and O–H groups in total. The molecule has 168 valence electrons. The standard InChI is InChI=1S/C27H30O5/c1-27(28)26(31-19-23-15-9-4-10-16-23)25(30-18-22-13-7-3-8-14-22)24(32-27)20-29-17-21-11-5-2-6-12-21/h2-16,24-26,28H,17-20H2,1H3/t24-,25-,26+,27-/m1/s1. The second-order valence-electron chi connectivity index (χ2n) is 8.19. The van der Waals surface area contributed by atoms with Crippen LogP contribution in [0.4, 0.5) is 0 Å². The van der Waals surface area contributed by atoms with Crippen LogP contribution in [0.3, 0.4) is 0 Å². The molecule has 0 radical (unpaired) electrons. The predicted octanol–water partition coefficient (Wildman–Crippen LogP) is 4.48. The summed E-state index contributed by atoms with van der Waals surface area (Å²) in [4.78, 5) is 0. The van der Waals surface area contributed by atoms with Gasteiger partial charge in [0.05, 0.1) is 26.4 Å². The number of ether oxygens (including phenoxy) is 4. The average molecular weight is 435 g/mol. The molecule has 1 heterocycles. The molecule has 0 unspecified atom stereocenters. The fraction of sp³-hybridized carbons (Fsp3) is 0.333. The van der Waals surface area contributed by atoms with Gasteiger partial charge < -0.3 is 24.1 Å². The van der Waals surface area contributed by atoms with Crippen molar-refractivity contribution in [1.29, 1.82) is 0 Å². The number of rotatable bonds is 10. The van der Waals surface area contributed by atoms with E-state index in [9.17, 15) is 5.11 Å². The lowest BCUT2D eigenvalue weighted by Gasteiger charge is -2.27. The highest BCUT2D eigenvalue weighted by atomic mass is 16.7. The van der Waals surface area contributed by atoms with E-state index in [1.165, 1.54) is 0 Å². The van der Waals surface area contributed by atoms with Crippen molar-refractivity contribution in [3.8, 4) is 0 Å². The van der Waals surface area contributed by atoms with Crippen molar-refractivity contribution >= 4 is 0 Å². The van der Waals surface area contributed by atoms with E-state index in [2.05, 4.69) is 0 Å². The SMILES string of the molecule is C[C@@]1(O)O[C@H](COCc2ccccc2)[C@@H](OCc2ccccc2)[C@@H]1OCc1ccccc1. The third-order valence-electron chi connectivity index (χ3n) is 5.53. The van der Waals surface area contributed by atoms with Crippen LogP contribution in [0.5, 0.6) is 0 Å². The number of hydrogen-bond donors (Lipinski definition) is 1. The summed E-state index contributed by atoms with van der Waals surface area (Å²) in [6.45, 7) is 3.12. The summed E-state index contributed by atoms with van der Waals surface area (Å²) in [5, 5.41) is 11.0. The van der Waals surface area contributed by atoms with Gasteiger partial charge in [-0.05, 0) is 23.6 Å². The summed E-state index contributed by atoms with van der Waals surface area (Å²) in [6.07, 6.45) is -1.60. The van der Waals surface area contributed by atoms with E-state index in [1.807, 2.05) is 91.0 Å². The second-order valence-corrected chi connectivity index (χ2v) is 8.19. The molecule has 4 rings (SSSR count). The molecule has 0 aliphatic carbocycles. The van der Waals surface area contributed by atoms with Crippen LogP contribution in [0.1, 0.15) is 23.6 Å². The zero-order valence-corrected chi connectivity index (χ0v) is 18.3. The largest absolute Gasteiger partial charge is 0.374 e. The molecular formula is C27H30O5. The van der Waals surface area contributed by atoms with Gasteiger partial charge in [0.25, 0.3) is 0 Å². The van der Waals surface area contributed by atoms with Crippen LogP contribution >= 0.6 is 0 Å². The smallest absolute Gasteiger partial charge is 0.192 e. The molecule has 4 atom stereocenters. The van der Waals surface area contributed by atoms with E-state index < -0.39 is 24.1 Å². The minimum atomic E-state index is -1.49. The van der Waals surface area contributed by atoms with Crippen molar-refractivity contribution in [2.24, 2.45) is 0 Å².